The van der Waals surface area contributed by atoms with Gasteiger partial charge in [0.2, 0.25) is 11.7 Å². The maximum Gasteiger partial charge on any atom is 0.221 e. The first-order valence-corrected chi connectivity index (χ1v) is 7.47. The highest BCUT2D eigenvalue weighted by molar-refractivity contribution is 5.88. The Morgan fingerprint density at radius 2 is 1.46 bits per heavy atom. The lowest BCUT2D eigenvalue weighted by atomic mass is 10.1. The molecule has 0 saturated carbocycles. The van der Waals surface area contributed by atoms with Gasteiger partial charge >= 0.3 is 0 Å². The average molecular weight is 330 g/mol. The maximum absolute atomic E-state index is 11.0. The highest BCUT2D eigenvalue weighted by Crippen LogP contribution is 2.38. The van der Waals surface area contributed by atoms with E-state index in [0.717, 1.165) is 16.9 Å². The number of carbonyl (C=O) groups excluding carboxylic acids is 1. The van der Waals surface area contributed by atoms with Crippen molar-refractivity contribution in [1.82, 2.24) is 0 Å². The van der Waals surface area contributed by atoms with Gasteiger partial charge in [-0.3, -0.25) is 4.79 Å². The van der Waals surface area contributed by atoms with Crippen molar-refractivity contribution < 1.29 is 19.0 Å². The SMILES string of the molecule is COc1cc(CNc2ccc(NC(C)=O)cc2)cc(OC)c1OC. The van der Waals surface area contributed by atoms with Gasteiger partial charge in [0.1, 0.15) is 0 Å². The molecule has 0 unspecified atom stereocenters. The first-order valence-electron chi connectivity index (χ1n) is 7.47. The van der Waals surface area contributed by atoms with Crippen LogP contribution in [0.3, 0.4) is 0 Å². The van der Waals surface area contributed by atoms with E-state index in [4.69, 9.17) is 14.2 Å². The number of methoxy groups -OCH3 is 3. The van der Waals surface area contributed by atoms with E-state index in [1.807, 2.05) is 36.4 Å². The molecule has 2 aromatic carbocycles. The summed E-state index contributed by atoms with van der Waals surface area (Å²) >= 11 is 0. The van der Waals surface area contributed by atoms with Gasteiger partial charge < -0.3 is 24.8 Å². The summed E-state index contributed by atoms with van der Waals surface area (Å²) in [6, 6.07) is 11.3. The van der Waals surface area contributed by atoms with Gasteiger partial charge in [-0.05, 0) is 42.0 Å². The molecule has 6 heteroatoms. The van der Waals surface area contributed by atoms with E-state index in [2.05, 4.69) is 10.6 Å². The summed E-state index contributed by atoms with van der Waals surface area (Å²) < 4.78 is 16.0. The van der Waals surface area contributed by atoms with Crippen LogP contribution < -0.4 is 24.8 Å². The summed E-state index contributed by atoms with van der Waals surface area (Å²) in [4.78, 5) is 11.0. The first-order chi connectivity index (χ1) is 11.6. The molecule has 0 heterocycles. The summed E-state index contributed by atoms with van der Waals surface area (Å²) in [7, 11) is 4.76. The zero-order valence-electron chi connectivity index (χ0n) is 14.3. The van der Waals surface area contributed by atoms with Crippen molar-refractivity contribution in [3.8, 4) is 17.2 Å². The molecule has 0 fully saturated rings. The van der Waals surface area contributed by atoms with E-state index in [1.54, 1.807) is 21.3 Å². The number of anilines is 2. The molecule has 0 bridgehead atoms. The fourth-order valence-electron chi connectivity index (χ4n) is 2.32. The zero-order valence-corrected chi connectivity index (χ0v) is 14.3. The number of amides is 1. The van der Waals surface area contributed by atoms with E-state index in [-0.39, 0.29) is 5.91 Å². The summed E-state index contributed by atoms with van der Waals surface area (Å²) in [6.07, 6.45) is 0. The fraction of sp³-hybridized carbons (Fsp3) is 0.278. The molecule has 0 atom stereocenters. The second-order valence-corrected chi connectivity index (χ2v) is 5.15. The molecule has 0 aliphatic heterocycles. The first kappa shape index (κ1) is 17.5. The van der Waals surface area contributed by atoms with Crippen LogP contribution in [0.25, 0.3) is 0 Å². The Hall–Kier alpha value is -2.89. The van der Waals surface area contributed by atoms with Crippen molar-refractivity contribution in [3.05, 3.63) is 42.0 Å². The van der Waals surface area contributed by atoms with Crippen molar-refractivity contribution in [3.63, 3.8) is 0 Å². The predicted octanol–water partition coefficient (Wildman–Crippen LogP) is 3.28. The number of hydrogen-bond acceptors (Lipinski definition) is 5. The molecule has 0 saturated heterocycles. The van der Waals surface area contributed by atoms with Crippen LogP contribution >= 0.6 is 0 Å². The third-order valence-electron chi connectivity index (χ3n) is 3.43. The summed E-state index contributed by atoms with van der Waals surface area (Å²) in [6.45, 7) is 2.08. The standard InChI is InChI=1S/C18H22N2O4/c1-12(21)20-15-7-5-14(6-8-15)19-11-13-9-16(22-2)18(24-4)17(10-13)23-3/h5-10,19H,11H2,1-4H3,(H,20,21). The average Bonchev–Trinajstić information content (AvgIpc) is 2.59. The maximum atomic E-state index is 11.0. The largest absolute Gasteiger partial charge is 0.493 e. The van der Waals surface area contributed by atoms with Crippen LogP contribution in [0.2, 0.25) is 0 Å². The van der Waals surface area contributed by atoms with Gasteiger partial charge in [0.05, 0.1) is 21.3 Å². The minimum Gasteiger partial charge on any atom is -0.493 e. The molecule has 2 rings (SSSR count). The molecule has 0 aliphatic carbocycles. The molecule has 1 amide bonds. The fourth-order valence-corrected chi connectivity index (χ4v) is 2.32. The lowest BCUT2D eigenvalue weighted by molar-refractivity contribution is -0.114. The van der Waals surface area contributed by atoms with Crippen LogP contribution in [0.1, 0.15) is 12.5 Å². The molecule has 0 aliphatic rings. The minimum absolute atomic E-state index is 0.0897. The molecule has 0 radical (unpaired) electrons. The molecule has 2 N–H and O–H groups in total. The van der Waals surface area contributed by atoms with Crippen molar-refractivity contribution in [2.75, 3.05) is 32.0 Å². The third-order valence-corrected chi connectivity index (χ3v) is 3.43. The van der Waals surface area contributed by atoms with Crippen molar-refractivity contribution in [2.45, 2.75) is 13.5 Å². The van der Waals surface area contributed by atoms with Gasteiger partial charge in [-0.25, -0.2) is 0 Å². The summed E-state index contributed by atoms with van der Waals surface area (Å²) in [5, 5.41) is 6.05. The molecule has 128 valence electrons. The molecule has 2 aromatic rings. The van der Waals surface area contributed by atoms with E-state index < -0.39 is 0 Å². The quantitative estimate of drug-likeness (QED) is 0.815. The van der Waals surface area contributed by atoms with Crippen LogP contribution in [0.15, 0.2) is 36.4 Å². The highest BCUT2D eigenvalue weighted by atomic mass is 16.5. The van der Waals surface area contributed by atoms with Crippen LogP contribution in [0, 0.1) is 0 Å². The smallest absolute Gasteiger partial charge is 0.221 e. The van der Waals surface area contributed by atoms with Gasteiger partial charge in [-0.2, -0.15) is 0 Å². The van der Waals surface area contributed by atoms with Crippen LogP contribution in [-0.4, -0.2) is 27.2 Å². The molecule has 6 nitrogen and oxygen atoms in total. The predicted molar refractivity (Wildman–Crippen MR) is 94.2 cm³/mol. The molecule has 0 aromatic heterocycles. The monoisotopic (exact) mass is 330 g/mol. The van der Waals surface area contributed by atoms with E-state index in [0.29, 0.717) is 23.8 Å². The van der Waals surface area contributed by atoms with E-state index in [1.165, 1.54) is 6.92 Å². The summed E-state index contributed by atoms with van der Waals surface area (Å²) in [5.74, 6) is 1.72. The minimum atomic E-state index is -0.0897. The van der Waals surface area contributed by atoms with Crippen molar-refractivity contribution in [1.29, 1.82) is 0 Å². The Kier molecular flexibility index (Phi) is 5.89. The van der Waals surface area contributed by atoms with Gasteiger partial charge in [0.15, 0.2) is 11.5 Å². The van der Waals surface area contributed by atoms with Crippen molar-refractivity contribution >= 4 is 17.3 Å². The third kappa shape index (κ3) is 4.32. The Morgan fingerprint density at radius 3 is 1.92 bits per heavy atom. The Labute approximate surface area is 141 Å². The molecule has 0 spiro atoms. The van der Waals surface area contributed by atoms with Gasteiger partial charge in [0.25, 0.3) is 0 Å². The van der Waals surface area contributed by atoms with Crippen LogP contribution in [0.5, 0.6) is 17.2 Å². The second-order valence-electron chi connectivity index (χ2n) is 5.15. The van der Waals surface area contributed by atoms with E-state index >= 15 is 0 Å². The molecule has 24 heavy (non-hydrogen) atoms. The second kappa shape index (κ2) is 8.10. The normalized spacial score (nSPS) is 10.0. The number of ether oxygens (including phenoxy) is 3. The lowest BCUT2D eigenvalue weighted by Gasteiger charge is -2.15. The Morgan fingerprint density at radius 1 is 0.917 bits per heavy atom. The number of hydrogen-bond donors (Lipinski definition) is 2. The lowest BCUT2D eigenvalue weighted by Crippen LogP contribution is -2.06. The molecular formula is C18H22N2O4. The Bertz CT molecular complexity index is 674. The number of nitrogens with one attached hydrogen (secondary N) is 2. The zero-order chi connectivity index (χ0) is 17.5. The van der Waals surface area contributed by atoms with Gasteiger partial charge in [0, 0.05) is 24.8 Å². The number of rotatable bonds is 7. The van der Waals surface area contributed by atoms with Crippen LogP contribution in [0.4, 0.5) is 11.4 Å². The van der Waals surface area contributed by atoms with Gasteiger partial charge in [-0.15, -0.1) is 0 Å². The number of benzene rings is 2. The van der Waals surface area contributed by atoms with Crippen molar-refractivity contribution in [2.24, 2.45) is 0 Å². The highest BCUT2D eigenvalue weighted by Gasteiger charge is 2.12. The topological polar surface area (TPSA) is 68.8 Å². The summed E-state index contributed by atoms with van der Waals surface area (Å²) in [5.41, 5.74) is 2.70. The van der Waals surface area contributed by atoms with Crippen LogP contribution in [-0.2, 0) is 11.3 Å². The van der Waals surface area contributed by atoms with Gasteiger partial charge in [-0.1, -0.05) is 0 Å². The Balaban J connectivity index is 2.10. The number of carbonyl (C=O) groups is 1. The van der Waals surface area contributed by atoms with E-state index in [9.17, 15) is 4.79 Å². The molecular weight excluding hydrogens is 308 g/mol.